The van der Waals surface area contributed by atoms with Crippen molar-refractivity contribution in [2.24, 2.45) is 0 Å². The van der Waals surface area contributed by atoms with E-state index in [1.54, 1.807) is 0 Å². The molecule has 1 aromatic heterocycles. The Balaban J connectivity index is 1.07. The first kappa shape index (κ1) is 34.3. The molecule has 0 saturated carbocycles. The van der Waals surface area contributed by atoms with Gasteiger partial charge < -0.3 is 0 Å². The van der Waals surface area contributed by atoms with Crippen molar-refractivity contribution in [2.75, 3.05) is 0 Å². The zero-order valence-corrected chi connectivity index (χ0v) is 31.9. The van der Waals surface area contributed by atoms with E-state index in [4.69, 9.17) is 15.0 Å². The maximum Gasteiger partial charge on any atom is 0.164 e. The second kappa shape index (κ2) is 14.1. The summed E-state index contributed by atoms with van der Waals surface area (Å²) in [6.45, 7) is 4.65. The summed E-state index contributed by atoms with van der Waals surface area (Å²) in [6, 6.07) is 71.0. The Labute approximate surface area is 334 Å². The van der Waals surface area contributed by atoms with Gasteiger partial charge in [-0.3, -0.25) is 0 Å². The van der Waals surface area contributed by atoms with E-state index in [1.807, 2.05) is 18.2 Å². The minimum atomic E-state index is -0.0756. The van der Waals surface area contributed by atoms with E-state index in [-0.39, 0.29) is 5.41 Å². The van der Waals surface area contributed by atoms with Crippen LogP contribution in [0.1, 0.15) is 25.0 Å². The van der Waals surface area contributed by atoms with Crippen LogP contribution in [-0.2, 0) is 5.41 Å². The smallest absolute Gasteiger partial charge is 0.164 e. The van der Waals surface area contributed by atoms with E-state index in [9.17, 15) is 0 Å². The molecule has 0 unspecified atom stereocenters. The molecule has 8 aromatic carbocycles. The zero-order valence-electron chi connectivity index (χ0n) is 31.9. The lowest BCUT2D eigenvalue weighted by Gasteiger charge is -2.22. The molecule has 0 fully saturated rings. The Morgan fingerprint density at radius 1 is 0.263 bits per heavy atom. The van der Waals surface area contributed by atoms with Gasteiger partial charge in [0.1, 0.15) is 0 Å². The molecule has 0 spiro atoms. The molecular weight excluding hydrogens is 691 g/mol. The van der Waals surface area contributed by atoms with Gasteiger partial charge in [0.15, 0.2) is 17.5 Å². The SMILES string of the molecule is CC1(C)c2ccccc2-c2ccc(-c3cccc(-c4nc(-c5ccccc5)nc(-c5cccc(-c6cc(-c7ccccc7)cc(-c7ccccc7)c6)c5)n4)c3)cc21. The molecule has 0 bridgehead atoms. The molecule has 3 heteroatoms. The first-order valence-electron chi connectivity index (χ1n) is 19.5. The van der Waals surface area contributed by atoms with Crippen LogP contribution >= 0.6 is 0 Å². The lowest BCUT2D eigenvalue weighted by Crippen LogP contribution is -2.14. The van der Waals surface area contributed by atoms with Crippen molar-refractivity contribution < 1.29 is 0 Å². The van der Waals surface area contributed by atoms with Gasteiger partial charge in [-0.05, 0) is 103 Å². The highest BCUT2D eigenvalue weighted by Gasteiger charge is 2.35. The Kier molecular flexibility index (Phi) is 8.49. The van der Waals surface area contributed by atoms with Crippen molar-refractivity contribution in [1.82, 2.24) is 15.0 Å². The van der Waals surface area contributed by atoms with Crippen molar-refractivity contribution >= 4 is 0 Å². The predicted octanol–water partition coefficient (Wildman–Crippen LogP) is 13.8. The molecule has 1 heterocycles. The van der Waals surface area contributed by atoms with Crippen molar-refractivity contribution in [3.8, 4) is 89.8 Å². The van der Waals surface area contributed by atoms with Crippen LogP contribution in [0.2, 0.25) is 0 Å². The van der Waals surface area contributed by atoms with Crippen molar-refractivity contribution in [3.05, 3.63) is 211 Å². The van der Waals surface area contributed by atoms with E-state index >= 15 is 0 Å². The fraction of sp³-hybridized carbons (Fsp3) is 0.0556. The minimum Gasteiger partial charge on any atom is -0.208 e. The highest BCUT2D eigenvalue weighted by Crippen LogP contribution is 2.49. The molecule has 0 amide bonds. The average molecular weight is 730 g/mol. The molecule has 0 N–H and O–H groups in total. The number of nitrogens with zero attached hydrogens (tertiary/aromatic N) is 3. The number of aromatic nitrogens is 3. The van der Waals surface area contributed by atoms with Crippen LogP contribution in [0.4, 0.5) is 0 Å². The summed E-state index contributed by atoms with van der Waals surface area (Å²) in [5.74, 6) is 1.91. The highest BCUT2D eigenvalue weighted by atomic mass is 15.0. The molecule has 0 saturated heterocycles. The predicted molar refractivity (Wildman–Crippen MR) is 235 cm³/mol. The van der Waals surface area contributed by atoms with E-state index in [0.717, 1.165) is 33.4 Å². The summed E-state index contributed by atoms with van der Waals surface area (Å²) >= 11 is 0. The zero-order chi connectivity index (χ0) is 38.3. The van der Waals surface area contributed by atoms with Gasteiger partial charge in [-0.2, -0.15) is 0 Å². The molecule has 57 heavy (non-hydrogen) atoms. The lowest BCUT2D eigenvalue weighted by atomic mass is 9.81. The number of hydrogen-bond acceptors (Lipinski definition) is 3. The van der Waals surface area contributed by atoms with Crippen LogP contribution in [0.5, 0.6) is 0 Å². The van der Waals surface area contributed by atoms with Crippen LogP contribution in [0, 0.1) is 0 Å². The molecule has 1 aliphatic carbocycles. The summed E-state index contributed by atoms with van der Waals surface area (Å²) in [4.78, 5) is 15.4. The number of hydrogen-bond donors (Lipinski definition) is 0. The van der Waals surface area contributed by atoms with Crippen molar-refractivity contribution in [2.45, 2.75) is 19.3 Å². The summed E-state index contributed by atoms with van der Waals surface area (Å²) in [7, 11) is 0. The molecular formula is C54H39N3. The molecule has 9 aromatic rings. The molecule has 1 aliphatic rings. The Morgan fingerprint density at radius 2 is 0.632 bits per heavy atom. The van der Waals surface area contributed by atoms with Gasteiger partial charge in [-0.1, -0.05) is 178 Å². The van der Waals surface area contributed by atoms with Crippen molar-refractivity contribution in [3.63, 3.8) is 0 Å². The molecule has 270 valence electrons. The monoisotopic (exact) mass is 729 g/mol. The Hall–Kier alpha value is -7.23. The van der Waals surface area contributed by atoms with E-state index < -0.39 is 0 Å². The Morgan fingerprint density at radius 3 is 1.19 bits per heavy atom. The summed E-state index contributed by atoms with van der Waals surface area (Å²) in [5.41, 5.74) is 17.3. The van der Waals surface area contributed by atoms with Crippen LogP contribution < -0.4 is 0 Å². The average Bonchev–Trinajstić information content (AvgIpc) is 3.52. The van der Waals surface area contributed by atoms with Crippen molar-refractivity contribution in [1.29, 1.82) is 0 Å². The second-order valence-corrected chi connectivity index (χ2v) is 15.3. The van der Waals surface area contributed by atoms with Gasteiger partial charge in [0, 0.05) is 22.1 Å². The van der Waals surface area contributed by atoms with Gasteiger partial charge in [0.25, 0.3) is 0 Å². The maximum absolute atomic E-state index is 5.19. The molecule has 3 nitrogen and oxygen atoms in total. The number of rotatable bonds is 7. The molecule has 10 rings (SSSR count). The number of fused-ring (bicyclic) bond motifs is 3. The molecule has 0 aliphatic heterocycles. The van der Waals surface area contributed by atoms with E-state index in [0.29, 0.717) is 17.5 Å². The summed E-state index contributed by atoms with van der Waals surface area (Å²) < 4.78 is 0. The molecule has 0 atom stereocenters. The van der Waals surface area contributed by atoms with Crippen LogP contribution in [0.15, 0.2) is 200 Å². The molecule has 0 radical (unpaired) electrons. The minimum absolute atomic E-state index is 0.0756. The third-order valence-corrected chi connectivity index (χ3v) is 11.3. The van der Waals surface area contributed by atoms with Gasteiger partial charge in [0.2, 0.25) is 0 Å². The van der Waals surface area contributed by atoms with Gasteiger partial charge >= 0.3 is 0 Å². The van der Waals surface area contributed by atoms with Gasteiger partial charge in [-0.25, -0.2) is 15.0 Å². The normalized spacial score (nSPS) is 12.5. The van der Waals surface area contributed by atoms with Crippen LogP contribution in [0.3, 0.4) is 0 Å². The topological polar surface area (TPSA) is 38.7 Å². The highest BCUT2D eigenvalue weighted by molar-refractivity contribution is 5.85. The maximum atomic E-state index is 5.19. The first-order valence-corrected chi connectivity index (χ1v) is 19.5. The van der Waals surface area contributed by atoms with Gasteiger partial charge in [0.05, 0.1) is 0 Å². The largest absolute Gasteiger partial charge is 0.208 e. The van der Waals surface area contributed by atoms with Crippen LogP contribution in [-0.4, -0.2) is 15.0 Å². The van der Waals surface area contributed by atoms with E-state index in [1.165, 1.54) is 50.1 Å². The standard InChI is InChI=1S/C54H39N3/c1-54(2)49-27-13-12-26-47(49)48-29-28-41(35-50(48)54)39-22-14-24-42(30-39)52-55-51(38-20-10-5-11-21-38)56-53(57-52)43-25-15-23-40(31-43)46-33-44(36-16-6-3-7-17-36)32-45(34-46)37-18-8-4-9-19-37/h3-35H,1-2H3. The van der Waals surface area contributed by atoms with Gasteiger partial charge in [-0.15, -0.1) is 0 Å². The second-order valence-electron chi connectivity index (χ2n) is 15.3. The van der Waals surface area contributed by atoms with Crippen LogP contribution in [0.25, 0.3) is 89.8 Å². The lowest BCUT2D eigenvalue weighted by molar-refractivity contribution is 0.660. The summed E-state index contributed by atoms with van der Waals surface area (Å²) in [5, 5.41) is 0. The third kappa shape index (κ3) is 6.43. The fourth-order valence-electron chi connectivity index (χ4n) is 8.30. The van der Waals surface area contributed by atoms with E-state index in [2.05, 4.69) is 196 Å². The summed E-state index contributed by atoms with van der Waals surface area (Å²) in [6.07, 6.45) is 0. The first-order chi connectivity index (χ1) is 28.0. The fourth-order valence-corrected chi connectivity index (χ4v) is 8.30. The number of benzene rings is 8. The quantitative estimate of drug-likeness (QED) is 0.164. The Bertz CT molecular complexity index is 2860. The third-order valence-electron chi connectivity index (χ3n) is 11.3.